The number of aliphatic hydroxyl groups excluding tert-OH is 1. The lowest BCUT2D eigenvalue weighted by atomic mass is 10.1. The Balaban J connectivity index is 3.20. The Labute approximate surface area is 92.2 Å². The van der Waals surface area contributed by atoms with Crippen molar-refractivity contribution in [3.05, 3.63) is 32.8 Å². The lowest BCUT2D eigenvalue weighted by Crippen LogP contribution is -1.97. The van der Waals surface area contributed by atoms with Gasteiger partial charge in [0.2, 0.25) is 0 Å². The first-order chi connectivity index (χ1) is 6.06. The quantitative estimate of drug-likeness (QED) is 0.824. The molecule has 4 heteroatoms. The van der Waals surface area contributed by atoms with Crippen molar-refractivity contribution in [2.24, 2.45) is 0 Å². The van der Waals surface area contributed by atoms with Gasteiger partial charge in [0, 0.05) is 20.6 Å². The number of benzene rings is 1. The second-order valence-electron chi connectivity index (χ2n) is 2.71. The van der Waals surface area contributed by atoms with Gasteiger partial charge in [-0.1, -0.05) is 41.7 Å². The van der Waals surface area contributed by atoms with Gasteiger partial charge in [-0.15, -0.1) is 0 Å². The van der Waals surface area contributed by atoms with E-state index in [1.54, 1.807) is 12.1 Å². The highest BCUT2D eigenvalue weighted by molar-refractivity contribution is 6.39. The van der Waals surface area contributed by atoms with Gasteiger partial charge >= 0.3 is 0 Å². The lowest BCUT2D eigenvalue weighted by molar-refractivity contribution is 0.174. The van der Waals surface area contributed by atoms with Crippen LogP contribution in [0.5, 0.6) is 0 Å². The normalized spacial score (nSPS) is 13.0. The molecule has 0 heterocycles. The van der Waals surface area contributed by atoms with Crippen LogP contribution < -0.4 is 0 Å². The van der Waals surface area contributed by atoms with E-state index in [0.29, 0.717) is 27.1 Å². The average molecular weight is 240 g/mol. The summed E-state index contributed by atoms with van der Waals surface area (Å²) in [5, 5.41) is 10.9. The minimum Gasteiger partial charge on any atom is -0.388 e. The van der Waals surface area contributed by atoms with Gasteiger partial charge in [0.25, 0.3) is 0 Å². The lowest BCUT2D eigenvalue weighted by Gasteiger charge is -2.12. The van der Waals surface area contributed by atoms with Crippen LogP contribution in [0.15, 0.2) is 12.1 Å². The van der Waals surface area contributed by atoms with Crippen molar-refractivity contribution < 1.29 is 5.11 Å². The van der Waals surface area contributed by atoms with E-state index >= 15 is 0 Å². The summed E-state index contributed by atoms with van der Waals surface area (Å²) in [5.74, 6) is 0. The number of halogens is 3. The van der Waals surface area contributed by atoms with Gasteiger partial charge in [-0.2, -0.15) is 0 Å². The molecule has 1 nitrogen and oxygen atoms in total. The Bertz CT molecular complexity index is 289. The molecule has 72 valence electrons. The first kappa shape index (κ1) is 11.1. The van der Waals surface area contributed by atoms with Gasteiger partial charge in [-0.3, -0.25) is 0 Å². The minimum atomic E-state index is -0.628. The molecule has 0 aliphatic carbocycles. The number of rotatable bonds is 2. The molecule has 0 aliphatic rings. The van der Waals surface area contributed by atoms with Crippen LogP contribution in [-0.4, -0.2) is 5.11 Å². The third kappa shape index (κ3) is 2.50. The first-order valence-corrected chi connectivity index (χ1v) is 5.02. The molecule has 0 fully saturated rings. The van der Waals surface area contributed by atoms with Crippen LogP contribution in [0.2, 0.25) is 15.1 Å². The average Bonchev–Trinajstić information content (AvgIpc) is 2.02. The van der Waals surface area contributed by atoms with E-state index in [2.05, 4.69) is 0 Å². The van der Waals surface area contributed by atoms with E-state index in [0.717, 1.165) is 0 Å². The van der Waals surface area contributed by atoms with Crippen molar-refractivity contribution in [2.75, 3.05) is 0 Å². The number of hydrogen-bond acceptors (Lipinski definition) is 1. The van der Waals surface area contributed by atoms with Crippen molar-refractivity contribution in [1.82, 2.24) is 0 Å². The van der Waals surface area contributed by atoms with Crippen molar-refractivity contribution in [1.29, 1.82) is 0 Å². The number of aliphatic hydroxyl groups is 1. The van der Waals surface area contributed by atoms with Gasteiger partial charge in [-0.25, -0.2) is 0 Å². The smallest absolute Gasteiger partial charge is 0.0816 e. The van der Waals surface area contributed by atoms with Crippen LogP contribution in [0.25, 0.3) is 0 Å². The Kier molecular flexibility index (Phi) is 3.87. The molecular formula is C9H9Cl3O. The molecule has 0 amide bonds. The molecule has 0 spiro atoms. The van der Waals surface area contributed by atoms with E-state index in [9.17, 15) is 5.11 Å². The maximum absolute atomic E-state index is 9.57. The monoisotopic (exact) mass is 238 g/mol. The maximum Gasteiger partial charge on any atom is 0.0816 e. The first-order valence-electron chi connectivity index (χ1n) is 3.88. The second kappa shape index (κ2) is 4.52. The molecule has 1 N–H and O–H groups in total. The Hall–Kier alpha value is 0.0500. The van der Waals surface area contributed by atoms with E-state index in [4.69, 9.17) is 34.8 Å². The van der Waals surface area contributed by atoms with Crippen molar-refractivity contribution in [3.8, 4) is 0 Å². The standard InChI is InChI=1S/C9H9Cl3O/c1-2-8(13)9-6(11)3-5(10)4-7(9)12/h3-4,8,13H,2H2,1H3/t8-/m1/s1. The zero-order chi connectivity index (χ0) is 10.0. The third-order valence-corrected chi connectivity index (χ3v) is 2.61. The zero-order valence-corrected chi connectivity index (χ0v) is 9.29. The summed E-state index contributed by atoms with van der Waals surface area (Å²) in [5.41, 5.74) is 0.551. The molecule has 0 aliphatic heterocycles. The van der Waals surface area contributed by atoms with Crippen molar-refractivity contribution in [2.45, 2.75) is 19.4 Å². The highest BCUT2D eigenvalue weighted by Gasteiger charge is 2.14. The molecular weight excluding hydrogens is 230 g/mol. The van der Waals surface area contributed by atoms with E-state index < -0.39 is 6.10 Å². The summed E-state index contributed by atoms with van der Waals surface area (Å²) >= 11 is 17.5. The molecule has 1 atom stereocenters. The zero-order valence-electron chi connectivity index (χ0n) is 7.02. The maximum atomic E-state index is 9.57. The molecule has 0 bridgehead atoms. The highest BCUT2D eigenvalue weighted by Crippen LogP contribution is 2.34. The van der Waals surface area contributed by atoms with Crippen molar-refractivity contribution in [3.63, 3.8) is 0 Å². The molecule has 0 aromatic heterocycles. The highest BCUT2D eigenvalue weighted by atomic mass is 35.5. The van der Waals surface area contributed by atoms with E-state index in [-0.39, 0.29) is 0 Å². The van der Waals surface area contributed by atoms with Crippen LogP contribution in [0.3, 0.4) is 0 Å². The SMILES string of the molecule is CC[C@@H](O)c1c(Cl)cc(Cl)cc1Cl. The predicted molar refractivity (Wildman–Crippen MR) is 56.7 cm³/mol. The molecule has 0 saturated heterocycles. The van der Waals surface area contributed by atoms with Gasteiger partial charge in [-0.05, 0) is 18.6 Å². The van der Waals surface area contributed by atoms with E-state index in [1.165, 1.54) is 0 Å². The predicted octanol–water partition coefficient (Wildman–Crippen LogP) is 4.09. The van der Waals surface area contributed by atoms with Crippen LogP contribution in [-0.2, 0) is 0 Å². The fourth-order valence-electron chi connectivity index (χ4n) is 1.08. The second-order valence-corrected chi connectivity index (χ2v) is 3.96. The minimum absolute atomic E-state index is 0.409. The van der Waals surface area contributed by atoms with Crippen molar-refractivity contribution >= 4 is 34.8 Å². The third-order valence-electron chi connectivity index (χ3n) is 1.76. The van der Waals surface area contributed by atoms with Gasteiger partial charge < -0.3 is 5.11 Å². The largest absolute Gasteiger partial charge is 0.388 e. The number of hydrogen-bond donors (Lipinski definition) is 1. The summed E-state index contributed by atoms with van der Waals surface area (Å²) in [6.07, 6.45) is -0.0570. The molecule has 1 aromatic rings. The van der Waals surface area contributed by atoms with E-state index in [1.807, 2.05) is 6.92 Å². The Morgan fingerprint density at radius 3 is 2.08 bits per heavy atom. The Morgan fingerprint density at radius 1 is 1.23 bits per heavy atom. The summed E-state index contributed by atoms with van der Waals surface area (Å²) in [7, 11) is 0. The molecule has 0 saturated carbocycles. The fraction of sp³-hybridized carbons (Fsp3) is 0.333. The molecule has 0 radical (unpaired) electrons. The summed E-state index contributed by atoms with van der Waals surface area (Å²) in [6.45, 7) is 1.85. The van der Waals surface area contributed by atoms with Crippen LogP contribution in [0.1, 0.15) is 25.0 Å². The molecule has 0 unspecified atom stereocenters. The summed E-state index contributed by atoms with van der Waals surface area (Å²) in [4.78, 5) is 0. The van der Waals surface area contributed by atoms with Crippen LogP contribution in [0, 0.1) is 0 Å². The summed E-state index contributed by atoms with van der Waals surface area (Å²) < 4.78 is 0. The molecule has 13 heavy (non-hydrogen) atoms. The Morgan fingerprint density at radius 2 is 1.69 bits per heavy atom. The van der Waals surface area contributed by atoms with Gasteiger partial charge in [0.1, 0.15) is 0 Å². The van der Waals surface area contributed by atoms with Crippen LogP contribution >= 0.6 is 34.8 Å². The fourth-order valence-corrected chi connectivity index (χ4v) is 2.14. The molecule has 1 rings (SSSR count). The van der Waals surface area contributed by atoms with Gasteiger partial charge in [0.15, 0.2) is 0 Å². The molecule has 1 aromatic carbocycles. The van der Waals surface area contributed by atoms with Crippen LogP contribution in [0.4, 0.5) is 0 Å². The summed E-state index contributed by atoms with van der Waals surface area (Å²) in [6, 6.07) is 3.15. The van der Waals surface area contributed by atoms with Gasteiger partial charge in [0.05, 0.1) is 6.10 Å². The topological polar surface area (TPSA) is 20.2 Å².